The summed E-state index contributed by atoms with van der Waals surface area (Å²) in [4.78, 5) is 0. The van der Waals surface area contributed by atoms with Gasteiger partial charge < -0.3 is 0 Å². The van der Waals surface area contributed by atoms with E-state index in [4.69, 9.17) is 11.6 Å². The molecule has 0 N–H and O–H groups in total. The van der Waals surface area contributed by atoms with Crippen LogP contribution in [0, 0.1) is 6.92 Å². The summed E-state index contributed by atoms with van der Waals surface area (Å²) in [6.45, 7) is 4.21. The Morgan fingerprint density at radius 3 is 2.41 bits per heavy atom. The largest absolute Gasteiger partial charge is 0.281 e. The minimum Gasteiger partial charge on any atom is -0.281 e. The van der Waals surface area contributed by atoms with Crippen molar-refractivity contribution in [3.8, 4) is 11.1 Å². The van der Waals surface area contributed by atoms with Crippen LogP contribution in [0.1, 0.15) is 12.5 Å². The number of nitrogens with zero attached hydrogens (tertiary/aromatic N) is 2. The third-order valence-electron chi connectivity index (χ3n) is 4.22. The van der Waals surface area contributed by atoms with Gasteiger partial charge in [-0.15, -0.1) is 9.24 Å². The monoisotopic (exact) mass is 330 g/mol. The second-order valence-corrected chi connectivity index (χ2v) is 6.77. The van der Waals surface area contributed by atoms with Gasteiger partial charge in [-0.1, -0.05) is 35.9 Å². The van der Waals surface area contributed by atoms with Crippen molar-refractivity contribution in [2.45, 2.75) is 19.9 Å². The first-order chi connectivity index (χ1) is 10.5. The normalized spacial score (nSPS) is 18.2. The van der Waals surface area contributed by atoms with Crippen molar-refractivity contribution < 1.29 is 0 Å². The van der Waals surface area contributed by atoms with E-state index in [1.54, 1.807) is 0 Å². The number of hydrogen-bond donors (Lipinski definition) is 0. The van der Waals surface area contributed by atoms with Gasteiger partial charge in [-0.2, -0.15) is 0 Å². The maximum Gasteiger partial charge on any atom is 0.0650 e. The Balaban J connectivity index is 2.03. The predicted octanol–water partition coefficient (Wildman–Crippen LogP) is 4.38. The van der Waals surface area contributed by atoms with Crippen LogP contribution in [-0.2, 0) is 0 Å². The fraction of sp³-hybridized carbons (Fsp3) is 0.222. The Kier molecular flexibility index (Phi) is 4.27. The van der Waals surface area contributed by atoms with E-state index in [9.17, 15) is 0 Å². The first-order valence-electron chi connectivity index (χ1n) is 7.33. The van der Waals surface area contributed by atoms with Gasteiger partial charge in [0.25, 0.3) is 0 Å². The Morgan fingerprint density at radius 2 is 1.77 bits per heavy atom. The number of rotatable bonds is 2. The fourth-order valence-corrected chi connectivity index (χ4v) is 3.07. The molecule has 4 heteroatoms. The van der Waals surface area contributed by atoms with Crippen LogP contribution in [0.15, 0.2) is 48.7 Å². The topological polar surface area (TPSA) is 6.48 Å². The number of halogens is 1. The highest BCUT2D eigenvalue weighted by molar-refractivity contribution is 7.28. The van der Waals surface area contributed by atoms with Gasteiger partial charge in [0.05, 0.1) is 5.69 Å². The molecule has 2 nitrogen and oxygen atoms in total. The number of hydrazine groups is 1. The van der Waals surface area contributed by atoms with E-state index in [1.807, 2.05) is 13.0 Å². The summed E-state index contributed by atoms with van der Waals surface area (Å²) in [6, 6.07) is 13.1. The van der Waals surface area contributed by atoms with Gasteiger partial charge in [0.15, 0.2) is 0 Å². The number of hydrogen-bond acceptors (Lipinski definition) is 2. The fourth-order valence-electron chi connectivity index (χ4n) is 2.58. The number of benzene rings is 2. The second-order valence-electron chi connectivity index (χ2n) is 5.74. The lowest BCUT2D eigenvalue weighted by Crippen LogP contribution is -2.37. The first kappa shape index (κ1) is 15.6. The van der Waals surface area contributed by atoms with E-state index in [0.29, 0.717) is 6.04 Å². The van der Waals surface area contributed by atoms with E-state index in [1.165, 1.54) is 16.6 Å². The standard InChI is InChI=1S/C18H20ClN2P/c1-12-4-5-14(10-16(12)19)15-6-7-18(22)17(11-15)21-9-8-13(2)20(21)3/h4-11,13H,22H2,1-3H3. The molecule has 0 saturated heterocycles. The zero-order chi connectivity index (χ0) is 15.9. The van der Waals surface area contributed by atoms with Gasteiger partial charge >= 0.3 is 0 Å². The molecule has 2 aromatic rings. The molecule has 1 aliphatic rings. The van der Waals surface area contributed by atoms with Crippen molar-refractivity contribution in [1.29, 1.82) is 0 Å². The lowest BCUT2D eigenvalue weighted by molar-refractivity contribution is 0.322. The van der Waals surface area contributed by atoms with Crippen LogP contribution in [0.4, 0.5) is 5.69 Å². The van der Waals surface area contributed by atoms with Crippen LogP contribution >= 0.6 is 20.8 Å². The maximum atomic E-state index is 6.27. The number of anilines is 1. The van der Waals surface area contributed by atoms with Crippen LogP contribution in [0.5, 0.6) is 0 Å². The smallest absolute Gasteiger partial charge is 0.0650 e. The molecule has 0 radical (unpaired) electrons. The molecular weight excluding hydrogens is 311 g/mol. The predicted molar refractivity (Wildman–Crippen MR) is 99.8 cm³/mol. The summed E-state index contributed by atoms with van der Waals surface area (Å²) in [6.07, 6.45) is 4.32. The van der Waals surface area contributed by atoms with Crippen LogP contribution in [0.25, 0.3) is 11.1 Å². The summed E-state index contributed by atoms with van der Waals surface area (Å²) in [5.41, 5.74) is 4.58. The van der Waals surface area contributed by atoms with Gasteiger partial charge in [0.2, 0.25) is 0 Å². The molecule has 0 saturated carbocycles. The average molecular weight is 331 g/mol. The van der Waals surface area contributed by atoms with E-state index < -0.39 is 0 Å². The molecule has 2 aromatic carbocycles. The Bertz CT molecular complexity index is 742. The molecule has 0 aliphatic carbocycles. The van der Waals surface area contributed by atoms with Crippen molar-refractivity contribution >= 4 is 31.8 Å². The molecule has 0 aromatic heterocycles. The minimum absolute atomic E-state index is 0.405. The van der Waals surface area contributed by atoms with Crippen LogP contribution < -0.4 is 10.3 Å². The molecule has 0 fully saturated rings. The van der Waals surface area contributed by atoms with Crippen LogP contribution in [-0.4, -0.2) is 18.1 Å². The molecule has 1 aliphatic heterocycles. The molecule has 2 unspecified atom stereocenters. The van der Waals surface area contributed by atoms with Crippen molar-refractivity contribution in [2.75, 3.05) is 12.1 Å². The Hall–Kier alpha value is -1.34. The van der Waals surface area contributed by atoms with Crippen molar-refractivity contribution in [3.05, 3.63) is 59.3 Å². The number of aryl methyl sites for hydroxylation is 1. The lowest BCUT2D eigenvalue weighted by Gasteiger charge is -2.30. The van der Waals surface area contributed by atoms with Crippen molar-refractivity contribution in [3.63, 3.8) is 0 Å². The Morgan fingerprint density at radius 1 is 1.09 bits per heavy atom. The number of likely N-dealkylation sites (N-methyl/N-ethyl adjacent to an activating group) is 1. The van der Waals surface area contributed by atoms with Crippen molar-refractivity contribution in [2.24, 2.45) is 0 Å². The maximum absolute atomic E-state index is 6.27. The van der Waals surface area contributed by atoms with Gasteiger partial charge in [0, 0.05) is 24.3 Å². The third kappa shape index (κ3) is 2.79. The third-order valence-corrected chi connectivity index (χ3v) is 5.11. The summed E-state index contributed by atoms with van der Waals surface area (Å²) >= 11 is 6.27. The highest BCUT2D eigenvalue weighted by atomic mass is 35.5. The lowest BCUT2D eigenvalue weighted by atomic mass is 10.0. The van der Waals surface area contributed by atoms with Gasteiger partial charge in [-0.25, -0.2) is 5.01 Å². The minimum atomic E-state index is 0.405. The molecular formula is C18H20ClN2P. The summed E-state index contributed by atoms with van der Waals surface area (Å²) < 4.78 is 0. The summed E-state index contributed by atoms with van der Waals surface area (Å²) in [5, 5.41) is 6.38. The van der Waals surface area contributed by atoms with E-state index in [2.05, 4.69) is 75.8 Å². The van der Waals surface area contributed by atoms with E-state index in [0.717, 1.165) is 16.1 Å². The highest BCUT2D eigenvalue weighted by Crippen LogP contribution is 2.30. The van der Waals surface area contributed by atoms with Gasteiger partial charge in [-0.05, 0) is 54.1 Å². The average Bonchev–Trinajstić information content (AvgIpc) is 2.83. The van der Waals surface area contributed by atoms with Gasteiger partial charge in [0.1, 0.15) is 0 Å². The molecule has 3 rings (SSSR count). The second kappa shape index (κ2) is 6.04. The summed E-state index contributed by atoms with van der Waals surface area (Å²) in [5.74, 6) is 0. The highest BCUT2D eigenvalue weighted by Gasteiger charge is 2.21. The SMILES string of the molecule is Cc1ccc(-c2ccc(P)c(N3C=CC(C)N3C)c2)cc1Cl. The van der Waals surface area contributed by atoms with Gasteiger partial charge in [-0.3, -0.25) is 5.01 Å². The van der Waals surface area contributed by atoms with Crippen molar-refractivity contribution in [1.82, 2.24) is 5.01 Å². The first-order valence-corrected chi connectivity index (χ1v) is 8.29. The molecule has 0 spiro atoms. The summed E-state index contributed by atoms with van der Waals surface area (Å²) in [7, 11) is 4.92. The molecule has 1 heterocycles. The van der Waals surface area contributed by atoms with E-state index >= 15 is 0 Å². The molecule has 0 amide bonds. The molecule has 2 atom stereocenters. The zero-order valence-electron chi connectivity index (χ0n) is 13.0. The Labute approximate surface area is 139 Å². The zero-order valence-corrected chi connectivity index (χ0v) is 15.0. The molecule has 22 heavy (non-hydrogen) atoms. The van der Waals surface area contributed by atoms with Crippen LogP contribution in [0.3, 0.4) is 0 Å². The quantitative estimate of drug-likeness (QED) is 0.754. The van der Waals surface area contributed by atoms with E-state index in [-0.39, 0.29) is 0 Å². The van der Waals surface area contributed by atoms with Crippen LogP contribution in [0.2, 0.25) is 5.02 Å². The molecule has 114 valence electrons. The molecule has 0 bridgehead atoms.